The van der Waals surface area contributed by atoms with Crippen molar-refractivity contribution < 1.29 is 22.4 Å². The fraction of sp³-hybridized carbons (Fsp3) is 0.417. The van der Waals surface area contributed by atoms with Crippen LogP contribution in [0.3, 0.4) is 0 Å². The monoisotopic (exact) mass is 477 g/mol. The quantitative estimate of drug-likeness (QED) is 0.570. The van der Waals surface area contributed by atoms with Gasteiger partial charge in [-0.2, -0.15) is 0 Å². The number of nitrogens with one attached hydrogen (secondary N) is 1. The number of hydrogen-bond acceptors (Lipinski definition) is 4. The number of nitrogens with zero attached hydrogens (tertiary/aromatic N) is 2. The van der Waals surface area contributed by atoms with Crippen LogP contribution in [0.25, 0.3) is 0 Å². The lowest BCUT2D eigenvalue weighted by molar-refractivity contribution is -0.139. The highest BCUT2D eigenvalue weighted by Gasteiger charge is 2.30. The van der Waals surface area contributed by atoms with E-state index in [0.717, 1.165) is 22.5 Å². The number of carbonyl (C=O) groups is 2. The summed E-state index contributed by atoms with van der Waals surface area (Å²) >= 11 is 0. The molecule has 0 aromatic heterocycles. The zero-order valence-electron chi connectivity index (χ0n) is 19.8. The molecule has 180 valence electrons. The van der Waals surface area contributed by atoms with Crippen molar-refractivity contribution in [3.8, 4) is 0 Å². The number of benzene rings is 2. The third-order valence-electron chi connectivity index (χ3n) is 5.28. The number of aryl methyl sites for hydroxylation is 2. The molecule has 0 saturated carbocycles. The summed E-state index contributed by atoms with van der Waals surface area (Å²) in [4.78, 5) is 27.4. The Balaban J connectivity index is 2.39. The molecule has 33 heavy (non-hydrogen) atoms. The van der Waals surface area contributed by atoms with Crippen molar-refractivity contribution in [1.29, 1.82) is 0 Å². The topological polar surface area (TPSA) is 86.8 Å². The van der Waals surface area contributed by atoms with Gasteiger partial charge in [-0.3, -0.25) is 13.9 Å². The molecule has 2 rings (SSSR count). The first-order chi connectivity index (χ1) is 15.4. The number of halogens is 1. The predicted molar refractivity (Wildman–Crippen MR) is 128 cm³/mol. The summed E-state index contributed by atoms with van der Waals surface area (Å²) in [7, 11) is -3.78. The van der Waals surface area contributed by atoms with Crippen molar-refractivity contribution >= 4 is 27.5 Å². The Labute approximate surface area is 195 Å². The largest absolute Gasteiger partial charge is 0.354 e. The highest BCUT2D eigenvalue weighted by molar-refractivity contribution is 7.92. The number of amides is 2. The van der Waals surface area contributed by atoms with E-state index in [0.29, 0.717) is 23.4 Å². The SMILES string of the molecule is CCCNC(=O)[C@@H](C)N(Cc1ccc(F)cc1)C(=O)CN(c1ccc(C)cc1C)S(C)(=O)=O. The maximum atomic E-state index is 13.4. The van der Waals surface area contributed by atoms with Crippen LogP contribution in [-0.4, -0.2) is 50.5 Å². The molecule has 1 atom stereocenters. The number of hydrogen-bond donors (Lipinski definition) is 1. The van der Waals surface area contributed by atoms with Crippen molar-refractivity contribution in [1.82, 2.24) is 10.2 Å². The minimum absolute atomic E-state index is 0.0321. The smallest absolute Gasteiger partial charge is 0.244 e. The van der Waals surface area contributed by atoms with Gasteiger partial charge in [0.2, 0.25) is 21.8 Å². The van der Waals surface area contributed by atoms with E-state index in [1.54, 1.807) is 26.0 Å². The Hall–Kier alpha value is -2.94. The van der Waals surface area contributed by atoms with Crippen LogP contribution < -0.4 is 9.62 Å². The molecule has 2 amide bonds. The predicted octanol–water partition coefficient (Wildman–Crippen LogP) is 3.15. The van der Waals surface area contributed by atoms with E-state index >= 15 is 0 Å². The maximum Gasteiger partial charge on any atom is 0.244 e. The first-order valence-corrected chi connectivity index (χ1v) is 12.7. The Morgan fingerprint density at radius 1 is 1.09 bits per heavy atom. The van der Waals surface area contributed by atoms with Gasteiger partial charge in [0.25, 0.3) is 0 Å². The molecular weight excluding hydrogens is 445 g/mol. The van der Waals surface area contributed by atoms with Gasteiger partial charge in [-0.05, 0) is 56.5 Å². The van der Waals surface area contributed by atoms with Crippen LogP contribution in [-0.2, 0) is 26.2 Å². The van der Waals surface area contributed by atoms with Gasteiger partial charge in [-0.25, -0.2) is 12.8 Å². The number of carbonyl (C=O) groups excluding carboxylic acids is 2. The van der Waals surface area contributed by atoms with Gasteiger partial charge in [-0.15, -0.1) is 0 Å². The van der Waals surface area contributed by atoms with Gasteiger partial charge in [-0.1, -0.05) is 36.8 Å². The van der Waals surface area contributed by atoms with Crippen LogP contribution in [0.5, 0.6) is 0 Å². The van der Waals surface area contributed by atoms with Gasteiger partial charge >= 0.3 is 0 Å². The van der Waals surface area contributed by atoms with Crippen molar-refractivity contribution in [2.75, 3.05) is 23.7 Å². The molecule has 0 radical (unpaired) electrons. The first kappa shape index (κ1) is 26.3. The van der Waals surface area contributed by atoms with Crippen LogP contribution in [0.15, 0.2) is 42.5 Å². The Kier molecular flexibility index (Phi) is 8.99. The highest BCUT2D eigenvalue weighted by atomic mass is 32.2. The fourth-order valence-corrected chi connectivity index (χ4v) is 4.35. The molecule has 0 bridgehead atoms. The molecule has 0 aliphatic heterocycles. The zero-order chi connectivity index (χ0) is 24.8. The van der Waals surface area contributed by atoms with Gasteiger partial charge < -0.3 is 10.2 Å². The van der Waals surface area contributed by atoms with Gasteiger partial charge in [0.1, 0.15) is 18.4 Å². The van der Waals surface area contributed by atoms with Crippen LogP contribution in [0.4, 0.5) is 10.1 Å². The van der Waals surface area contributed by atoms with Crippen LogP contribution in [0.2, 0.25) is 0 Å². The molecule has 2 aromatic rings. The lowest BCUT2D eigenvalue weighted by atomic mass is 10.1. The third kappa shape index (κ3) is 7.28. The Morgan fingerprint density at radius 2 is 1.73 bits per heavy atom. The summed E-state index contributed by atoms with van der Waals surface area (Å²) in [6.45, 7) is 7.21. The standard InChI is InChI=1S/C24H32FN3O4S/c1-6-13-26-24(30)19(4)27(15-20-8-10-21(25)11-9-20)23(29)16-28(33(5,31)32)22-12-7-17(2)14-18(22)3/h7-12,14,19H,6,13,15-16H2,1-5H3,(H,26,30)/t19-/m1/s1. The van der Waals surface area contributed by atoms with E-state index in [2.05, 4.69) is 5.32 Å². The van der Waals surface area contributed by atoms with Gasteiger partial charge in [0.15, 0.2) is 0 Å². The number of rotatable bonds is 10. The summed E-state index contributed by atoms with van der Waals surface area (Å²) in [6.07, 6.45) is 1.78. The number of sulfonamides is 1. The van der Waals surface area contributed by atoms with Crippen LogP contribution in [0.1, 0.15) is 37.0 Å². The summed E-state index contributed by atoms with van der Waals surface area (Å²) in [6, 6.07) is 10.1. The van der Waals surface area contributed by atoms with E-state index in [4.69, 9.17) is 0 Å². The van der Waals surface area contributed by atoms with E-state index < -0.39 is 34.3 Å². The van der Waals surface area contributed by atoms with Gasteiger partial charge in [0.05, 0.1) is 11.9 Å². The minimum Gasteiger partial charge on any atom is -0.354 e. The molecule has 1 N–H and O–H groups in total. The molecule has 0 heterocycles. The molecule has 0 aliphatic rings. The van der Waals surface area contributed by atoms with E-state index in [-0.39, 0.29) is 12.5 Å². The van der Waals surface area contributed by atoms with E-state index in [9.17, 15) is 22.4 Å². The molecule has 0 fully saturated rings. The fourth-order valence-electron chi connectivity index (χ4n) is 3.45. The van der Waals surface area contributed by atoms with Crippen molar-refractivity contribution in [3.63, 3.8) is 0 Å². The second-order valence-corrected chi connectivity index (χ2v) is 10.1. The molecule has 9 heteroatoms. The van der Waals surface area contributed by atoms with Crippen LogP contribution in [0, 0.1) is 19.7 Å². The molecule has 0 unspecified atom stereocenters. The lowest BCUT2D eigenvalue weighted by Gasteiger charge is -2.32. The van der Waals surface area contributed by atoms with Crippen molar-refractivity contribution in [2.45, 2.75) is 46.7 Å². The first-order valence-electron chi connectivity index (χ1n) is 10.8. The highest BCUT2D eigenvalue weighted by Crippen LogP contribution is 2.24. The zero-order valence-corrected chi connectivity index (χ0v) is 20.6. The molecule has 0 saturated heterocycles. The second kappa shape index (κ2) is 11.3. The van der Waals surface area contributed by atoms with E-state index in [1.807, 2.05) is 19.9 Å². The average molecular weight is 478 g/mol. The van der Waals surface area contributed by atoms with Crippen LogP contribution >= 0.6 is 0 Å². The summed E-state index contributed by atoms with van der Waals surface area (Å²) in [5.41, 5.74) is 2.71. The summed E-state index contributed by atoms with van der Waals surface area (Å²) in [5.74, 6) is -1.29. The lowest BCUT2D eigenvalue weighted by Crippen LogP contribution is -2.51. The normalized spacial score (nSPS) is 12.2. The Morgan fingerprint density at radius 3 is 2.27 bits per heavy atom. The molecular formula is C24H32FN3O4S. The number of anilines is 1. The molecule has 0 aliphatic carbocycles. The molecule has 0 spiro atoms. The second-order valence-electron chi connectivity index (χ2n) is 8.17. The van der Waals surface area contributed by atoms with Gasteiger partial charge in [0, 0.05) is 13.1 Å². The molecule has 2 aromatic carbocycles. The van der Waals surface area contributed by atoms with Crippen molar-refractivity contribution in [2.24, 2.45) is 0 Å². The van der Waals surface area contributed by atoms with E-state index in [1.165, 1.54) is 29.2 Å². The maximum absolute atomic E-state index is 13.4. The molecule has 7 nitrogen and oxygen atoms in total. The van der Waals surface area contributed by atoms with Crippen molar-refractivity contribution in [3.05, 3.63) is 65.0 Å². The summed E-state index contributed by atoms with van der Waals surface area (Å²) < 4.78 is 39.6. The third-order valence-corrected chi connectivity index (χ3v) is 6.41. The average Bonchev–Trinajstić information content (AvgIpc) is 2.74. The summed E-state index contributed by atoms with van der Waals surface area (Å²) in [5, 5.41) is 2.77. The Bertz CT molecular complexity index is 1090. The minimum atomic E-state index is -3.78.